The summed E-state index contributed by atoms with van der Waals surface area (Å²) in [5.74, 6) is -0.746. The predicted molar refractivity (Wildman–Crippen MR) is 68.4 cm³/mol. The van der Waals surface area contributed by atoms with Crippen molar-refractivity contribution in [2.24, 2.45) is 0 Å². The number of hydrogen-bond acceptors (Lipinski definition) is 3. The lowest BCUT2D eigenvalue weighted by Gasteiger charge is -2.17. The van der Waals surface area contributed by atoms with Crippen LogP contribution in [0.25, 0.3) is 0 Å². The Labute approximate surface area is 111 Å². The number of rotatable bonds is 4. The molecule has 1 aromatic carbocycles. The first-order valence-corrected chi connectivity index (χ1v) is 7.05. The second kappa shape index (κ2) is 5.10. The van der Waals surface area contributed by atoms with Crippen molar-refractivity contribution in [3.05, 3.63) is 47.5 Å². The van der Waals surface area contributed by atoms with Crippen molar-refractivity contribution in [2.75, 3.05) is 7.05 Å². The van der Waals surface area contributed by atoms with Crippen molar-refractivity contribution >= 4 is 10.0 Å². The number of hydrogen-bond donors (Lipinski definition) is 1. The monoisotopic (exact) mass is 283 g/mol. The molecule has 0 aliphatic carbocycles. The number of nitrogens with zero attached hydrogens (tertiary/aromatic N) is 2. The van der Waals surface area contributed by atoms with E-state index < -0.39 is 15.8 Å². The van der Waals surface area contributed by atoms with Crippen molar-refractivity contribution < 1.29 is 12.8 Å². The molecule has 0 aliphatic rings. The lowest BCUT2D eigenvalue weighted by Crippen LogP contribution is -2.27. The van der Waals surface area contributed by atoms with Crippen LogP contribution in [0.1, 0.15) is 11.1 Å². The van der Waals surface area contributed by atoms with Gasteiger partial charge >= 0.3 is 0 Å². The maximum Gasteiger partial charge on any atom is 0.246 e. The molecular weight excluding hydrogens is 269 g/mol. The average Bonchev–Trinajstić information content (AvgIpc) is 2.85. The van der Waals surface area contributed by atoms with E-state index in [-0.39, 0.29) is 11.4 Å². The Morgan fingerprint density at radius 3 is 2.79 bits per heavy atom. The number of aromatic amines is 1. The maximum atomic E-state index is 13.7. The van der Waals surface area contributed by atoms with Crippen molar-refractivity contribution in [3.63, 3.8) is 0 Å². The van der Waals surface area contributed by atoms with Gasteiger partial charge in [0.25, 0.3) is 0 Å². The minimum atomic E-state index is -3.85. The summed E-state index contributed by atoms with van der Waals surface area (Å²) < 4.78 is 39.3. The van der Waals surface area contributed by atoms with Gasteiger partial charge in [0.1, 0.15) is 10.7 Å². The number of sulfonamides is 1. The number of benzene rings is 1. The van der Waals surface area contributed by atoms with E-state index in [4.69, 9.17) is 0 Å². The minimum Gasteiger partial charge on any atom is -0.285 e. The largest absolute Gasteiger partial charge is 0.285 e. The fourth-order valence-corrected chi connectivity index (χ4v) is 2.99. The van der Waals surface area contributed by atoms with E-state index in [0.29, 0.717) is 11.1 Å². The summed E-state index contributed by atoms with van der Waals surface area (Å²) in [5.41, 5.74) is 1.40. The predicted octanol–water partition coefficient (Wildman–Crippen LogP) is 1.68. The van der Waals surface area contributed by atoms with Crippen molar-refractivity contribution in [3.8, 4) is 0 Å². The zero-order valence-corrected chi connectivity index (χ0v) is 11.4. The number of nitrogens with one attached hydrogen (secondary N) is 1. The third-order valence-corrected chi connectivity index (χ3v) is 4.55. The van der Waals surface area contributed by atoms with Crippen LogP contribution in [0.5, 0.6) is 0 Å². The Morgan fingerprint density at radius 2 is 2.16 bits per heavy atom. The van der Waals surface area contributed by atoms with E-state index >= 15 is 0 Å². The van der Waals surface area contributed by atoms with Gasteiger partial charge in [0.2, 0.25) is 10.0 Å². The second-order valence-electron chi connectivity index (χ2n) is 4.30. The van der Waals surface area contributed by atoms with E-state index in [2.05, 4.69) is 10.2 Å². The summed E-state index contributed by atoms with van der Waals surface area (Å²) >= 11 is 0. The van der Waals surface area contributed by atoms with Crippen LogP contribution in [-0.2, 0) is 16.6 Å². The Hall–Kier alpha value is -1.73. The van der Waals surface area contributed by atoms with E-state index in [1.807, 2.05) is 0 Å². The molecule has 0 saturated carbocycles. The van der Waals surface area contributed by atoms with Crippen LogP contribution >= 0.6 is 0 Å². The molecule has 5 nitrogen and oxygen atoms in total. The first kappa shape index (κ1) is 13.7. The molecule has 0 bridgehead atoms. The quantitative estimate of drug-likeness (QED) is 0.928. The Kier molecular flexibility index (Phi) is 3.68. The molecule has 2 aromatic rings. The number of halogens is 1. The van der Waals surface area contributed by atoms with Crippen LogP contribution in [0.3, 0.4) is 0 Å². The van der Waals surface area contributed by atoms with Gasteiger partial charge in [-0.1, -0.05) is 6.07 Å². The van der Waals surface area contributed by atoms with Crippen molar-refractivity contribution in [1.82, 2.24) is 14.5 Å². The van der Waals surface area contributed by atoms with E-state index in [9.17, 15) is 12.8 Å². The highest BCUT2D eigenvalue weighted by molar-refractivity contribution is 7.89. The standard InChI is InChI=1S/C12H14FN3O2S/c1-9-3-4-11(13)12(5-9)19(17,18)16(2)8-10-6-14-15-7-10/h3-7H,8H2,1-2H3,(H,14,15). The van der Waals surface area contributed by atoms with Gasteiger partial charge in [-0.05, 0) is 24.6 Å². The molecule has 0 radical (unpaired) electrons. The molecular formula is C12H14FN3O2S. The molecule has 1 heterocycles. The number of aryl methyl sites for hydroxylation is 1. The van der Waals surface area contributed by atoms with Gasteiger partial charge in [-0.3, -0.25) is 5.10 Å². The first-order chi connectivity index (χ1) is 8.91. The van der Waals surface area contributed by atoms with Crippen LogP contribution in [-0.4, -0.2) is 30.0 Å². The number of aromatic nitrogens is 2. The summed E-state index contributed by atoms with van der Waals surface area (Å²) in [5, 5.41) is 6.34. The Bertz CT molecular complexity index is 668. The van der Waals surface area contributed by atoms with Crippen LogP contribution < -0.4 is 0 Å². The maximum absolute atomic E-state index is 13.7. The molecule has 102 valence electrons. The van der Waals surface area contributed by atoms with E-state index in [0.717, 1.165) is 10.4 Å². The summed E-state index contributed by atoms with van der Waals surface area (Å²) in [6.45, 7) is 1.85. The van der Waals surface area contributed by atoms with E-state index in [1.54, 1.807) is 13.1 Å². The normalized spacial score (nSPS) is 12.0. The average molecular weight is 283 g/mol. The highest BCUT2D eigenvalue weighted by Gasteiger charge is 2.24. The highest BCUT2D eigenvalue weighted by atomic mass is 32.2. The summed E-state index contributed by atoms with van der Waals surface area (Å²) in [7, 11) is -2.44. The second-order valence-corrected chi connectivity index (χ2v) is 6.31. The highest BCUT2D eigenvalue weighted by Crippen LogP contribution is 2.20. The molecule has 0 fully saturated rings. The Morgan fingerprint density at radius 1 is 1.42 bits per heavy atom. The molecule has 0 spiro atoms. The fraction of sp³-hybridized carbons (Fsp3) is 0.250. The number of H-pyrrole nitrogens is 1. The zero-order chi connectivity index (χ0) is 14.0. The van der Waals surface area contributed by atoms with Crippen molar-refractivity contribution in [2.45, 2.75) is 18.4 Å². The molecule has 1 aromatic heterocycles. The minimum absolute atomic E-state index is 0.131. The topological polar surface area (TPSA) is 66.1 Å². The van der Waals surface area contributed by atoms with Gasteiger partial charge in [-0.25, -0.2) is 12.8 Å². The van der Waals surface area contributed by atoms with Gasteiger partial charge in [0, 0.05) is 25.4 Å². The van der Waals surface area contributed by atoms with Crippen molar-refractivity contribution in [1.29, 1.82) is 0 Å². The molecule has 0 amide bonds. The lowest BCUT2D eigenvalue weighted by molar-refractivity contribution is 0.460. The van der Waals surface area contributed by atoms with Gasteiger partial charge in [0.05, 0.1) is 6.20 Å². The fourth-order valence-electron chi connectivity index (χ4n) is 1.68. The zero-order valence-electron chi connectivity index (χ0n) is 10.6. The molecule has 0 atom stereocenters. The third kappa shape index (κ3) is 2.82. The summed E-state index contributed by atoms with van der Waals surface area (Å²) in [6, 6.07) is 4.02. The Balaban J connectivity index is 2.33. The van der Waals surface area contributed by atoms with Crippen LogP contribution in [0, 0.1) is 12.7 Å². The van der Waals surface area contributed by atoms with Gasteiger partial charge in [0.15, 0.2) is 0 Å². The van der Waals surface area contributed by atoms with Gasteiger partial charge in [-0.2, -0.15) is 9.40 Å². The van der Waals surface area contributed by atoms with E-state index in [1.165, 1.54) is 25.4 Å². The van der Waals surface area contributed by atoms with Crippen LogP contribution in [0.15, 0.2) is 35.5 Å². The van der Waals surface area contributed by atoms with Crippen LogP contribution in [0.2, 0.25) is 0 Å². The SMILES string of the molecule is Cc1ccc(F)c(S(=O)(=O)N(C)Cc2cn[nH]c2)c1. The molecule has 0 unspecified atom stereocenters. The lowest BCUT2D eigenvalue weighted by atomic mass is 10.2. The molecule has 19 heavy (non-hydrogen) atoms. The molecule has 0 aliphatic heterocycles. The molecule has 0 saturated heterocycles. The van der Waals surface area contributed by atoms with Gasteiger partial charge < -0.3 is 0 Å². The van der Waals surface area contributed by atoms with Crippen LogP contribution in [0.4, 0.5) is 4.39 Å². The molecule has 1 N–H and O–H groups in total. The molecule has 7 heteroatoms. The first-order valence-electron chi connectivity index (χ1n) is 5.61. The molecule has 2 rings (SSSR count). The summed E-state index contributed by atoms with van der Waals surface area (Å²) in [6.07, 6.45) is 3.12. The third-order valence-electron chi connectivity index (χ3n) is 2.74. The summed E-state index contributed by atoms with van der Waals surface area (Å²) in [4.78, 5) is -0.307. The smallest absolute Gasteiger partial charge is 0.246 e. The van der Waals surface area contributed by atoms with Gasteiger partial charge in [-0.15, -0.1) is 0 Å².